The van der Waals surface area contributed by atoms with Gasteiger partial charge in [0.1, 0.15) is 6.04 Å². The number of unbranched alkanes of at least 4 members (excludes halogenated alkanes) is 24. The summed E-state index contributed by atoms with van der Waals surface area (Å²) < 4.78 is 10.9. The molecule has 0 spiro atoms. The third kappa shape index (κ3) is 30.4. The molecule has 260 valence electrons. The molecule has 0 aromatic rings. The molecular weight excluding hydrogens is 550 g/mol. The summed E-state index contributed by atoms with van der Waals surface area (Å²) in [6, 6.07) is -0.976. The van der Waals surface area contributed by atoms with Crippen LogP contribution in [-0.4, -0.2) is 37.1 Å². The summed E-state index contributed by atoms with van der Waals surface area (Å²) in [5.74, 6) is -1.16. The molecule has 0 heterocycles. The molecule has 0 aliphatic heterocycles. The van der Waals surface area contributed by atoms with Crippen molar-refractivity contribution >= 4 is 17.8 Å². The number of rotatable bonds is 34. The maximum atomic E-state index is 12.8. The van der Waals surface area contributed by atoms with E-state index < -0.39 is 18.0 Å². The molecule has 0 aromatic carbocycles. The van der Waals surface area contributed by atoms with Crippen molar-refractivity contribution in [1.29, 1.82) is 0 Å². The molecule has 0 aliphatic carbocycles. The van der Waals surface area contributed by atoms with Crippen molar-refractivity contribution in [2.24, 2.45) is 0 Å². The molecule has 44 heavy (non-hydrogen) atoms. The molecule has 0 rings (SSSR count). The molecule has 1 N–H and O–H groups in total. The monoisotopic (exact) mass is 624 g/mol. The van der Waals surface area contributed by atoms with Crippen molar-refractivity contribution in [2.45, 2.75) is 213 Å². The lowest BCUT2D eigenvalue weighted by atomic mass is 10.1. The van der Waals surface area contributed by atoms with Crippen molar-refractivity contribution in [3.05, 3.63) is 0 Å². The Kier molecular flexibility index (Phi) is 33.0. The van der Waals surface area contributed by atoms with Crippen molar-refractivity contribution in [1.82, 2.24) is 5.32 Å². The number of esters is 2. The first kappa shape index (κ1) is 42.4. The number of amides is 1. The Balaban J connectivity index is 4.32. The van der Waals surface area contributed by atoms with Crippen molar-refractivity contribution in [2.75, 3.05) is 13.2 Å². The predicted octanol–water partition coefficient (Wildman–Crippen LogP) is 10.9. The van der Waals surface area contributed by atoms with Gasteiger partial charge >= 0.3 is 11.9 Å². The van der Waals surface area contributed by atoms with Crippen molar-refractivity contribution in [3.8, 4) is 0 Å². The predicted molar refractivity (Wildman–Crippen MR) is 185 cm³/mol. The number of nitrogens with one attached hydrogen (secondary N) is 1. The van der Waals surface area contributed by atoms with E-state index in [1.54, 1.807) is 0 Å². The maximum absolute atomic E-state index is 12.8. The maximum Gasteiger partial charge on any atom is 0.329 e. The molecule has 0 saturated carbocycles. The average Bonchev–Trinajstić information content (AvgIpc) is 3.01. The van der Waals surface area contributed by atoms with Gasteiger partial charge in [0.05, 0.1) is 19.6 Å². The van der Waals surface area contributed by atoms with Gasteiger partial charge in [-0.3, -0.25) is 9.59 Å². The van der Waals surface area contributed by atoms with Gasteiger partial charge in [0.25, 0.3) is 0 Å². The van der Waals surface area contributed by atoms with Crippen LogP contribution in [0, 0.1) is 0 Å². The number of carbonyl (C=O) groups excluding carboxylic acids is 3. The molecule has 0 unspecified atom stereocenters. The lowest BCUT2D eigenvalue weighted by molar-refractivity contribution is -0.154. The van der Waals surface area contributed by atoms with E-state index in [1.807, 2.05) is 0 Å². The summed E-state index contributed by atoms with van der Waals surface area (Å²) in [5.41, 5.74) is 0. The highest BCUT2D eigenvalue weighted by atomic mass is 16.5. The third-order valence-corrected chi connectivity index (χ3v) is 8.50. The van der Waals surface area contributed by atoms with Crippen LogP contribution in [0.5, 0.6) is 0 Å². The Labute approximate surface area is 273 Å². The van der Waals surface area contributed by atoms with Crippen LogP contribution in [0.3, 0.4) is 0 Å². The number of hydrogen-bond donors (Lipinski definition) is 1. The zero-order chi connectivity index (χ0) is 32.4. The Morgan fingerprint density at radius 1 is 0.455 bits per heavy atom. The summed E-state index contributed by atoms with van der Waals surface area (Å²) in [5, 5.41) is 2.78. The fourth-order valence-corrected chi connectivity index (χ4v) is 5.57. The molecule has 0 aliphatic rings. The lowest BCUT2D eigenvalue weighted by Crippen LogP contribution is -2.43. The average molecular weight is 624 g/mol. The number of ether oxygens (including phenoxy) is 2. The molecule has 6 nitrogen and oxygen atoms in total. The van der Waals surface area contributed by atoms with Gasteiger partial charge in [-0.1, -0.05) is 175 Å². The van der Waals surface area contributed by atoms with E-state index in [0.717, 1.165) is 57.8 Å². The number of hydrogen-bond acceptors (Lipinski definition) is 5. The standard InChI is InChI=1S/C38H73NO5/c1-4-7-10-13-16-18-20-21-23-25-28-31-36(40)39-35(38(42)44-33-30-26-15-12-9-6-3)34-37(41)43-32-29-27-24-22-19-17-14-11-8-5-2/h35H,4-34H2,1-3H3,(H,39,40)/t35-/m0/s1. The Hall–Kier alpha value is -1.59. The van der Waals surface area contributed by atoms with E-state index in [0.29, 0.717) is 19.6 Å². The molecule has 0 radical (unpaired) electrons. The lowest BCUT2D eigenvalue weighted by Gasteiger charge is -2.17. The highest BCUT2D eigenvalue weighted by Crippen LogP contribution is 2.13. The fourth-order valence-electron chi connectivity index (χ4n) is 5.57. The van der Waals surface area contributed by atoms with E-state index in [4.69, 9.17) is 9.47 Å². The largest absolute Gasteiger partial charge is 0.466 e. The second kappa shape index (κ2) is 34.3. The molecular formula is C38H73NO5. The topological polar surface area (TPSA) is 81.7 Å². The van der Waals surface area contributed by atoms with Crippen LogP contribution in [0.4, 0.5) is 0 Å². The van der Waals surface area contributed by atoms with E-state index >= 15 is 0 Å². The SMILES string of the molecule is CCCCCCCCCCCCCC(=O)N[C@@H](CC(=O)OCCCCCCCCCCCC)C(=O)OCCCCCCCC. The minimum absolute atomic E-state index is 0.170. The van der Waals surface area contributed by atoms with Gasteiger partial charge < -0.3 is 14.8 Å². The van der Waals surface area contributed by atoms with Crippen LogP contribution in [0.25, 0.3) is 0 Å². The smallest absolute Gasteiger partial charge is 0.329 e. The minimum Gasteiger partial charge on any atom is -0.466 e. The highest BCUT2D eigenvalue weighted by molar-refractivity contribution is 5.88. The summed E-state index contributed by atoms with van der Waals surface area (Å²) in [7, 11) is 0. The van der Waals surface area contributed by atoms with Gasteiger partial charge in [-0.05, 0) is 19.3 Å². The van der Waals surface area contributed by atoms with Crippen molar-refractivity contribution < 1.29 is 23.9 Å². The first-order valence-corrected chi connectivity index (χ1v) is 19.2. The van der Waals surface area contributed by atoms with E-state index in [1.165, 1.54) is 116 Å². The second-order valence-corrected chi connectivity index (χ2v) is 12.9. The minimum atomic E-state index is -0.976. The summed E-state index contributed by atoms with van der Waals surface area (Å²) in [6.45, 7) is 7.37. The van der Waals surface area contributed by atoms with Gasteiger partial charge in [0, 0.05) is 6.42 Å². The van der Waals surface area contributed by atoms with Crippen LogP contribution < -0.4 is 5.32 Å². The molecule has 6 heteroatoms. The molecule has 0 fully saturated rings. The fraction of sp³-hybridized carbons (Fsp3) is 0.921. The van der Waals surface area contributed by atoms with Crippen LogP contribution in [-0.2, 0) is 23.9 Å². The van der Waals surface area contributed by atoms with Crippen molar-refractivity contribution in [3.63, 3.8) is 0 Å². The Bertz CT molecular complexity index is 613. The normalized spacial score (nSPS) is 11.8. The van der Waals surface area contributed by atoms with E-state index in [9.17, 15) is 14.4 Å². The number of carbonyl (C=O) groups is 3. The highest BCUT2D eigenvalue weighted by Gasteiger charge is 2.26. The molecule has 0 aromatic heterocycles. The first-order valence-electron chi connectivity index (χ1n) is 19.2. The van der Waals surface area contributed by atoms with Crippen LogP contribution in [0.2, 0.25) is 0 Å². The van der Waals surface area contributed by atoms with E-state index in [2.05, 4.69) is 26.1 Å². The van der Waals surface area contributed by atoms with Gasteiger partial charge in [0.15, 0.2) is 0 Å². The molecule has 1 atom stereocenters. The van der Waals surface area contributed by atoms with Crippen LogP contribution in [0.15, 0.2) is 0 Å². The third-order valence-electron chi connectivity index (χ3n) is 8.50. The quantitative estimate of drug-likeness (QED) is 0.0569. The van der Waals surface area contributed by atoms with E-state index in [-0.39, 0.29) is 12.3 Å². The van der Waals surface area contributed by atoms with Gasteiger partial charge in [-0.2, -0.15) is 0 Å². The Morgan fingerprint density at radius 2 is 0.795 bits per heavy atom. The van der Waals surface area contributed by atoms with Crippen LogP contribution >= 0.6 is 0 Å². The first-order chi connectivity index (χ1) is 21.5. The zero-order valence-electron chi connectivity index (χ0n) is 29.5. The zero-order valence-corrected chi connectivity index (χ0v) is 29.5. The van der Waals surface area contributed by atoms with Gasteiger partial charge in [-0.25, -0.2) is 4.79 Å². The van der Waals surface area contributed by atoms with Crippen LogP contribution in [0.1, 0.15) is 207 Å². The molecule has 1 amide bonds. The molecule has 0 saturated heterocycles. The summed E-state index contributed by atoms with van der Waals surface area (Å²) in [4.78, 5) is 38.0. The van der Waals surface area contributed by atoms with Gasteiger partial charge in [-0.15, -0.1) is 0 Å². The second-order valence-electron chi connectivity index (χ2n) is 12.9. The summed E-state index contributed by atoms with van der Waals surface area (Å²) >= 11 is 0. The summed E-state index contributed by atoms with van der Waals surface area (Å²) in [6.07, 6.45) is 32.4. The molecule has 0 bridgehead atoms. The van der Waals surface area contributed by atoms with Gasteiger partial charge in [0.2, 0.25) is 5.91 Å². The Morgan fingerprint density at radius 3 is 1.20 bits per heavy atom.